The molecule has 0 atom stereocenters. The standard InChI is InChI=1S/C31H62N2O10/c1-31(2,3)43-30(35)33-14-12-10-8-6-5-7-9-11-13-29(34)32-15-16-37-19-20-39-23-24-41-27-28-42-26-25-40-22-21-38-18-17-36-4/h5-28H2,1-4H3,(H,32,34)(H,33,35). The molecule has 0 aliphatic rings. The molecule has 0 bridgehead atoms. The maximum absolute atomic E-state index is 11.9. The van der Waals surface area contributed by atoms with E-state index in [0.29, 0.717) is 105 Å². The van der Waals surface area contributed by atoms with E-state index >= 15 is 0 Å². The molecule has 256 valence electrons. The molecule has 0 unspecified atom stereocenters. The number of amides is 2. The van der Waals surface area contributed by atoms with Crippen molar-refractivity contribution in [3.8, 4) is 0 Å². The van der Waals surface area contributed by atoms with Gasteiger partial charge in [-0.25, -0.2) is 4.79 Å². The number of methoxy groups -OCH3 is 1. The Labute approximate surface area is 260 Å². The third-order valence-corrected chi connectivity index (χ3v) is 5.86. The van der Waals surface area contributed by atoms with Crippen molar-refractivity contribution in [2.45, 2.75) is 84.2 Å². The summed E-state index contributed by atoms with van der Waals surface area (Å²) in [6.45, 7) is 13.5. The average molecular weight is 623 g/mol. The molecule has 2 amide bonds. The molecule has 0 heterocycles. The molecular weight excluding hydrogens is 560 g/mol. The van der Waals surface area contributed by atoms with Gasteiger partial charge < -0.3 is 48.5 Å². The summed E-state index contributed by atoms with van der Waals surface area (Å²) in [5, 5.41) is 5.69. The zero-order chi connectivity index (χ0) is 31.7. The fourth-order valence-corrected chi connectivity index (χ4v) is 3.67. The first-order chi connectivity index (χ1) is 20.8. The molecule has 12 nitrogen and oxygen atoms in total. The summed E-state index contributed by atoms with van der Waals surface area (Å²) in [5.41, 5.74) is -0.456. The number of hydrogen-bond donors (Lipinski definition) is 2. The van der Waals surface area contributed by atoms with Crippen LogP contribution in [0.2, 0.25) is 0 Å². The second-order valence-electron chi connectivity index (χ2n) is 11.0. The van der Waals surface area contributed by atoms with Gasteiger partial charge in [-0.05, 0) is 33.6 Å². The Morgan fingerprint density at radius 1 is 0.488 bits per heavy atom. The van der Waals surface area contributed by atoms with E-state index in [1.807, 2.05) is 20.8 Å². The predicted octanol–water partition coefficient (Wildman–Crippen LogP) is 3.88. The molecule has 0 aliphatic carbocycles. The van der Waals surface area contributed by atoms with Gasteiger partial charge in [0.15, 0.2) is 0 Å². The highest BCUT2D eigenvalue weighted by molar-refractivity contribution is 5.75. The van der Waals surface area contributed by atoms with Gasteiger partial charge in [0, 0.05) is 26.6 Å². The van der Waals surface area contributed by atoms with E-state index in [9.17, 15) is 9.59 Å². The highest BCUT2D eigenvalue weighted by atomic mass is 16.6. The number of nitrogens with one attached hydrogen (secondary N) is 2. The number of carbonyl (C=O) groups excluding carboxylic acids is 2. The fraction of sp³-hybridized carbons (Fsp3) is 0.935. The van der Waals surface area contributed by atoms with Crippen LogP contribution in [0.25, 0.3) is 0 Å². The van der Waals surface area contributed by atoms with E-state index in [4.69, 9.17) is 37.9 Å². The van der Waals surface area contributed by atoms with Crippen LogP contribution in [0, 0.1) is 0 Å². The van der Waals surface area contributed by atoms with Crippen LogP contribution < -0.4 is 10.6 Å². The van der Waals surface area contributed by atoms with Crippen molar-refractivity contribution in [3.63, 3.8) is 0 Å². The van der Waals surface area contributed by atoms with Crippen LogP contribution in [-0.4, -0.2) is 124 Å². The highest BCUT2D eigenvalue weighted by Gasteiger charge is 2.15. The molecule has 0 spiro atoms. The molecule has 2 N–H and O–H groups in total. The lowest BCUT2D eigenvalue weighted by atomic mass is 10.1. The molecule has 0 aliphatic heterocycles. The topological polar surface area (TPSA) is 132 Å². The zero-order valence-electron chi connectivity index (χ0n) is 27.6. The smallest absolute Gasteiger partial charge is 0.407 e. The van der Waals surface area contributed by atoms with Gasteiger partial charge in [0.2, 0.25) is 5.91 Å². The fourth-order valence-electron chi connectivity index (χ4n) is 3.67. The normalized spacial score (nSPS) is 11.5. The number of hydrogen-bond acceptors (Lipinski definition) is 10. The lowest BCUT2D eigenvalue weighted by Gasteiger charge is -2.19. The van der Waals surface area contributed by atoms with E-state index in [1.54, 1.807) is 7.11 Å². The summed E-state index contributed by atoms with van der Waals surface area (Å²) >= 11 is 0. The van der Waals surface area contributed by atoms with Crippen LogP contribution in [0.4, 0.5) is 4.79 Å². The van der Waals surface area contributed by atoms with Gasteiger partial charge >= 0.3 is 6.09 Å². The number of rotatable bonds is 32. The molecule has 0 aromatic rings. The van der Waals surface area contributed by atoms with Crippen molar-refractivity contribution >= 4 is 12.0 Å². The molecule has 0 radical (unpaired) electrons. The molecule has 0 fully saturated rings. The van der Waals surface area contributed by atoms with Gasteiger partial charge in [0.05, 0.1) is 85.9 Å². The Kier molecular flexibility index (Phi) is 30.7. The van der Waals surface area contributed by atoms with Gasteiger partial charge in [0.1, 0.15) is 5.60 Å². The van der Waals surface area contributed by atoms with Crippen molar-refractivity contribution in [1.29, 1.82) is 0 Å². The number of ether oxygens (including phenoxy) is 8. The summed E-state index contributed by atoms with van der Waals surface area (Å²) in [5.74, 6) is 0.0781. The van der Waals surface area contributed by atoms with E-state index in [2.05, 4.69) is 10.6 Å². The highest BCUT2D eigenvalue weighted by Crippen LogP contribution is 2.10. The first-order valence-electron chi connectivity index (χ1n) is 16.0. The molecule has 0 saturated heterocycles. The van der Waals surface area contributed by atoms with E-state index < -0.39 is 5.60 Å². The third-order valence-electron chi connectivity index (χ3n) is 5.86. The zero-order valence-corrected chi connectivity index (χ0v) is 27.6. The van der Waals surface area contributed by atoms with Crippen LogP contribution >= 0.6 is 0 Å². The molecule has 43 heavy (non-hydrogen) atoms. The minimum atomic E-state index is -0.456. The largest absolute Gasteiger partial charge is 0.444 e. The van der Waals surface area contributed by atoms with Crippen LogP contribution in [0.1, 0.15) is 78.6 Å². The summed E-state index contributed by atoms with van der Waals surface area (Å²) < 4.78 is 42.6. The predicted molar refractivity (Wildman–Crippen MR) is 166 cm³/mol. The Morgan fingerprint density at radius 2 is 0.884 bits per heavy atom. The Hall–Kier alpha value is -1.54. The lowest BCUT2D eigenvalue weighted by Crippen LogP contribution is -2.32. The van der Waals surface area contributed by atoms with Gasteiger partial charge in [-0.15, -0.1) is 0 Å². The third kappa shape index (κ3) is 36.6. The van der Waals surface area contributed by atoms with Crippen LogP contribution in [0.15, 0.2) is 0 Å². The molecule has 0 aromatic heterocycles. The first kappa shape index (κ1) is 41.5. The van der Waals surface area contributed by atoms with Gasteiger partial charge in [-0.2, -0.15) is 0 Å². The molecule has 0 saturated carbocycles. The monoisotopic (exact) mass is 622 g/mol. The summed E-state index contributed by atoms with van der Waals surface area (Å²) in [6.07, 6.45) is 8.94. The number of carbonyl (C=O) groups is 2. The molecule has 0 rings (SSSR count). The van der Waals surface area contributed by atoms with E-state index in [0.717, 1.165) is 38.5 Å². The summed E-state index contributed by atoms with van der Waals surface area (Å²) in [6, 6.07) is 0. The van der Waals surface area contributed by atoms with Crippen LogP contribution in [0.3, 0.4) is 0 Å². The maximum atomic E-state index is 11.9. The molecule has 0 aromatic carbocycles. The van der Waals surface area contributed by atoms with Crippen LogP contribution in [0.5, 0.6) is 0 Å². The Bertz CT molecular complexity index is 620. The minimum absolute atomic E-state index is 0.0781. The van der Waals surface area contributed by atoms with E-state index in [-0.39, 0.29) is 12.0 Å². The number of unbranched alkanes of at least 4 members (excludes halogenated alkanes) is 7. The molecule has 12 heteroatoms. The lowest BCUT2D eigenvalue weighted by molar-refractivity contribution is -0.121. The number of alkyl carbamates (subject to hydrolysis) is 1. The minimum Gasteiger partial charge on any atom is -0.444 e. The van der Waals surface area contributed by atoms with Crippen molar-refractivity contribution in [1.82, 2.24) is 10.6 Å². The molecular formula is C31H62N2O10. The van der Waals surface area contributed by atoms with Crippen molar-refractivity contribution in [3.05, 3.63) is 0 Å². The first-order valence-corrected chi connectivity index (χ1v) is 16.0. The van der Waals surface area contributed by atoms with Crippen molar-refractivity contribution in [2.75, 3.05) is 106 Å². The van der Waals surface area contributed by atoms with Gasteiger partial charge in [0.25, 0.3) is 0 Å². The van der Waals surface area contributed by atoms with Crippen molar-refractivity contribution < 1.29 is 47.5 Å². The Morgan fingerprint density at radius 3 is 1.33 bits per heavy atom. The summed E-state index contributed by atoms with van der Waals surface area (Å²) in [4.78, 5) is 23.5. The van der Waals surface area contributed by atoms with E-state index in [1.165, 1.54) is 12.8 Å². The second kappa shape index (κ2) is 31.9. The van der Waals surface area contributed by atoms with Crippen molar-refractivity contribution in [2.24, 2.45) is 0 Å². The van der Waals surface area contributed by atoms with Gasteiger partial charge in [-0.1, -0.05) is 38.5 Å². The second-order valence-corrected chi connectivity index (χ2v) is 11.0. The van der Waals surface area contributed by atoms with Gasteiger partial charge in [-0.3, -0.25) is 4.79 Å². The average Bonchev–Trinajstić information content (AvgIpc) is 2.95. The quantitative estimate of drug-likeness (QED) is 0.107. The van der Waals surface area contributed by atoms with Crippen LogP contribution in [-0.2, 0) is 42.7 Å². The SMILES string of the molecule is COCCOCCOCCOCCOCCOCCOCCNC(=O)CCCCCCCCCCNC(=O)OC(C)(C)C. The maximum Gasteiger partial charge on any atom is 0.407 e. The summed E-state index contributed by atoms with van der Waals surface area (Å²) in [7, 11) is 1.64. The Balaban J connectivity index is 3.21.